The minimum Gasteiger partial charge on any atom is -0.296 e. The summed E-state index contributed by atoms with van der Waals surface area (Å²) in [6.07, 6.45) is 0.0381. The average molecular weight is 638 g/mol. The number of alkyl halides is 3. The molecule has 44 heavy (non-hydrogen) atoms. The van der Waals surface area contributed by atoms with Crippen LogP contribution in [-0.2, 0) is 17.4 Å². The van der Waals surface area contributed by atoms with Gasteiger partial charge in [-0.2, -0.15) is 18.2 Å². The van der Waals surface area contributed by atoms with Gasteiger partial charge in [0.2, 0.25) is 11.0 Å². The number of benzene rings is 3. The van der Waals surface area contributed by atoms with Crippen LogP contribution >= 0.6 is 24.0 Å². The quantitative estimate of drug-likeness (QED) is 0.153. The second-order valence-corrected chi connectivity index (χ2v) is 11.4. The SMILES string of the molecule is CCCCc1ccccc1N1C(=O)CSC1=NC(=S)NNC(C)c1ccc(-c2ncn(-c3ccc(C(F)(F)F)cc3)n2)cc1. The van der Waals surface area contributed by atoms with Crippen LogP contribution in [0.5, 0.6) is 0 Å². The first kappa shape index (κ1) is 31.4. The van der Waals surface area contributed by atoms with Crippen LogP contribution in [0.15, 0.2) is 84.1 Å². The molecule has 4 aromatic rings. The van der Waals surface area contributed by atoms with Crippen molar-refractivity contribution in [3.8, 4) is 17.1 Å². The van der Waals surface area contributed by atoms with Gasteiger partial charge in [0.1, 0.15) is 6.33 Å². The third kappa shape index (κ3) is 7.34. The van der Waals surface area contributed by atoms with Crippen LogP contribution in [0.4, 0.5) is 18.9 Å². The fraction of sp³-hybridized carbons (Fsp3) is 0.258. The molecule has 1 unspecified atom stereocenters. The lowest BCUT2D eigenvalue weighted by Gasteiger charge is -2.20. The van der Waals surface area contributed by atoms with Gasteiger partial charge >= 0.3 is 6.18 Å². The molecular formula is C31H30F3N7OS2. The second kappa shape index (κ2) is 13.7. The van der Waals surface area contributed by atoms with E-state index >= 15 is 0 Å². The lowest BCUT2D eigenvalue weighted by atomic mass is 10.1. The van der Waals surface area contributed by atoms with Crippen molar-refractivity contribution in [1.29, 1.82) is 0 Å². The Morgan fingerprint density at radius 3 is 2.52 bits per heavy atom. The molecule has 8 nitrogen and oxygen atoms in total. The zero-order valence-corrected chi connectivity index (χ0v) is 25.6. The summed E-state index contributed by atoms with van der Waals surface area (Å²) in [6, 6.07) is 20.1. The number of amides is 1. The summed E-state index contributed by atoms with van der Waals surface area (Å²) in [5.74, 6) is 0.717. The zero-order chi connectivity index (χ0) is 31.3. The van der Waals surface area contributed by atoms with E-state index in [1.165, 1.54) is 34.9 Å². The van der Waals surface area contributed by atoms with E-state index in [4.69, 9.17) is 12.2 Å². The number of carbonyl (C=O) groups excluding carboxylic acids is 1. The van der Waals surface area contributed by atoms with Gasteiger partial charge in [-0.25, -0.2) is 15.1 Å². The molecule has 0 radical (unpaired) electrons. The number of hydrazine groups is 1. The molecule has 13 heteroatoms. The molecule has 2 heterocycles. The first-order chi connectivity index (χ1) is 21.1. The van der Waals surface area contributed by atoms with E-state index in [-0.39, 0.29) is 17.1 Å². The Bertz CT molecular complexity index is 1650. The van der Waals surface area contributed by atoms with Crippen molar-refractivity contribution >= 4 is 45.9 Å². The average Bonchev–Trinajstić information content (AvgIpc) is 3.66. The number of anilines is 1. The van der Waals surface area contributed by atoms with Crippen molar-refractivity contribution in [2.45, 2.75) is 45.3 Å². The zero-order valence-electron chi connectivity index (χ0n) is 24.0. The Labute approximate surface area is 262 Å². The van der Waals surface area contributed by atoms with Crippen molar-refractivity contribution in [2.75, 3.05) is 10.7 Å². The van der Waals surface area contributed by atoms with Gasteiger partial charge in [-0.3, -0.25) is 15.1 Å². The Morgan fingerprint density at radius 1 is 1.09 bits per heavy atom. The number of unbranched alkanes of at least 4 members (excludes halogenated alkanes) is 1. The van der Waals surface area contributed by atoms with E-state index in [2.05, 4.69) is 32.9 Å². The molecule has 1 fully saturated rings. The lowest BCUT2D eigenvalue weighted by molar-refractivity contribution is -0.137. The van der Waals surface area contributed by atoms with E-state index in [9.17, 15) is 18.0 Å². The number of aliphatic imine (C=N–C) groups is 1. The number of aromatic nitrogens is 3. The molecule has 1 amide bonds. The third-order valence-corrected chi connectivity index (χ3v) is 8.13. The highest BCUT2D eigenvalue weighted by Gasteiger charge is 2.32. The number of hydrogen-bond acceptors (Lipinski definition) is 6. The number of aryl methyl sites for hydroxylation is 1. The summed E-state index contributed by atoms with van der Waals surface area (Å²) in [4.78, 5) is 23.3. The Balaban J connectivity index is 1.20. The maximum absolute atomic E-state index is 12.9. The number of hydrogen-bond donors (Lipinski definition) is 2. The predicted octanol–water partition coefficient (Wildman–Crippen LogP) is 6.87. The number of nitrogens with zero attached hydrogens (tertiary/aromatic N) is 5. The molecule has 0 spiro atoms. The molecule has 0 saturated carbocycles. The number of nitrogens with one attached hydrogen (secondary N) is 2. The van der Waals surface area contributed by atoms with Crippen LogP contribution in [0.2, 0.25) is 0 Å². The standard InChI is InChI=1S/C31H30F3N7OS2/c1-3-4-7-22-8-5-6-9-26(22)41-27(42)18-44-30(41)36-29(43)38-37-20(2)21-10-12-23(13-11-21)28-35-19-40(39-28)25-16-14-24(15-17-25)31(32,33)34/h5-6,8-17,19-20,37H,3-4,7,18H2,1-2H3,(H,38,43). The summed E-state index contributed by atoms with van der Waals surface area (Å²) in [6.45, 7) is 4.10. The van der Waals surface area contributed by atoms with E-state index < -0.39 is 11.7 Å². The van der Waals surface area contributed by atoms with Crippen molar-refractivity contribution < 1.29 is 18.0 Å². The van der Waals surface area contributed by atoms with Gasteiger partial charge in [-0.05, 0) is 73.4 Å². The van der Waals surface area contributed by atoms with E-state index in [1.807, 2.05) is 55.5 Å². The number of halogens is 3. The Hall–Kier alpha value is -4.07. The first-order valence-corrected chi connectivity index (χ1v) is 15.4. The number of rotatable bonds is 9. The summed E-state index contributed by atoms with van der Waals surface area (Å²) >= 11 is 6.83. The topological polar surface area (TPSA) is 87.4 Å². The van der Waals surface area contributed by atoms with Gasteiger partial charge < -0.3 is 0 Å². The maximum atomic E-state index is 12.9. The number of para-hydroxylation sites is 1. The van der Waals surface area contributed by atoms with Crippen LogP contribution < -0.4 is 15.8 Å². The molecule has 1 atom stereocenters. The van der Waals surface area contributed by atoms with Gasteiger partial charge in [0.15, 0.2) is 11.0 Å². The van der Waals surface area contributed by atoms with Gasteiger partial charge in [0.05, 0.1) is 22.7 Å². The smallest absolute Gasteiger partial charge is 0.296 e. The van der Waals surface area contributed by atoms with Gasteiger partial charge in [-0.1, -0.05) is 67.6 Å². The van der Waals surface area contributed by atoms with Crippen LogP contribution in [0, 0.1) is 0 Å². The number of carbonyl (C=O) groups is 1. The minimum absolute atomic E-state index is 0.0272. The summed E-state index contributed by atoms with van der Waals surface area (Å²) in [5, 5.41) is 5.16. The molecule has 1 aromatic heterocycles. The largest absolute Gasteiger partial charge is 0.416 e. The van der Waals surface area contributed by atoms with Crippen LogP contribution in [0.1, 0.15) is 49.4 Å². The number of amidine groups is 1. The normalized spacial score (nSPS) is 15.2. The molecule has 5 rings (SSSR count). The minimum atomic E-state index is -4.40. The van der Waals surface area contributed by atoms with Crippen molar-refractivity contribution in [1.82, 2.24) is 25.6 Å². The van der Waals surface area contributed by atoms with Crippen molar-refractivity contribution in [2.24, 2.45) is 4.99 Å². The monoisotopic (exact) mass is 637 g/mol. The number of thioether (sulfide) groups is 1. The fourth-order valence-corrected chi connectivity index (χ4v) is 5.67. The lowest BCUT2D eigenvalue weighted by Crippen LogP contribution is -2.38. The van der Waals surface area contributed by atoms with Crippen LogP contribution in [0.25, 0.3) is 17.1 Å². The van der Waals surface area contributed by atoms with Crippen LogP contribution in [0.3, 0.4) is 0 Å². The Morgan fingerprint density at radius 2 is 1.82 bits per heavy atom. The van der Waals surface area contributed by atoms with Crippen molar-refractivity contribution in [3.63, 3.8) is 0 Å². The molecule has 0 aliphatic carbocycles. The van der Waals surface area contributed by atoms with Crippen LogP contribution in [-0.4, -0.2) is 36.7 Å². The molecule has 1 aliphatic rings. The van der Waals surface area contributed by atoms with E-state index in [1.54, 1.807) is 4.90 Å². The number of thiocarbonyl (C=S) groups is 1. The van der Waals surface area contributed by atoms with E-state index in [0.717, 1.165) is 53.8 Å². The maximum Gasteiger partial charge on any atom is 0.416 e. The molecule has 0 bridgehead atoms. The molecule has 3 aromatic carbocycles. The fourth-order valence-electron chi connectivity index (χ4n) is 4.60. The van der Waals surface area contributed by atoms with Crippen molar-refractivity contribution in [3.05, 3.63) is 95.8 Å². The van der Waals surface area contributed by atoms with Gasteiger partial charge in [0.25, 0.3) is 0 Å². The van der Waals surface area contributed by atoms with E-state index in [0.29, 0.717) is 22.4 Å². The molecule has 1 aliphatic heterocycles. The summed E-state index contributed by atoms with van der Waals surface area (Å²) in [7, 11) is 0. The first-order valence-electron chi connectivity index (χ1n) is 14.0. The predicted molar refractivity (Wildman–Crippen MR) is 172 cm³/mol. The molecule has 2 N–H and O–H groups in total. The highest BCUT2D eigenvalue weighted by atomic mass is 32.2. The van der Waals surface area contributed by atoms with Gasteiger partial charge in [-0.15, -0.1) is 5.10 Å². The second-order valence-electron chi connectivity index (χ2n) is 10.1. The summed E-state index contributed by atoms with van der Waals surface area (Å²) < 4.78 is 40.0. The Kier molecular flexibility index (Phi) is 9.77. The highest BCUT2D eigenvalue weighted by Crippen LogP contribution is 2.31. The molecule has 1 saturated heterocycles. The molecular weight excluding hydrogens is 608 g/mol. The summed E-state index contributed by atoms with van der Waals surface area (Å²) in [5.41, 5.74) is 9.53. The third-order valence-electron chi connectivity index (χ3n) is 7.01. The molecule has 228 valence electrons. The highest BCUT2D eigenvalue weighted by molar-refractivity contribution is 8.15. The van der Waals surface area contributed by atoms with Gasteiger partial charge in [0, 0.05) is 11.6 Å².